The molecule has 162 valence electrons. The monoisotopic (exact) mass is 496 g/mol. The highest BCUT2D eigenvalue weighted by molar-refractivity contribution is 9.10. The first kappa shape index (κ1) is 22.5. The maximum Gasteiger partial charge on any atom is 0.265 e. The summed E-state index contributed by atoms with van der Waals surface area (Å²) >= 11 is 3.50. The minimum absolute atomic E-state index is 0.0125. The van der Waals surface area contributed by atoms with E-state index in [1.54, 1.807) is 19.0 Å². The average molecular weight is 497 g/mol. The van der Waals surface area contributed by atoms with Crippen molar-refractivity contribution in [1.29, 1.82) is 0 Å². The number of hydrogen-bond donors (Lipinski definition) is 1. The number of aryl methyl sites for hydroxylation is 1. The van der Waals surface area contributed by atoms with Crippen LogP contribution in [0.15, 0.2) is 45.9 Å². The van der Waals surface area contributed by atoms with Gasteiger partial charge in [-0.15, -0.1) is 0 Å². The molecule has 2 aromatic rings. The van der Waals surface area contributed by atoms with Crippen LogP contribution in [0.5, 0.6) is 0 Å². The summed E-state index contributed by atoms with van der Waals surface area (Å²) in [6.45, 7) is 0.990. The number of aromatic nitrogens is 1. The highest BCUT2D eigenvalue weighted by Gasteiger charge is 2.34. The van der Waals surface area contributed by atoms with Crippen molar-refractivity contribution in [3.63, 3.8) is 0 Å². The van der Waals surface area contributed by atoms with Gasteiger partial charge in [0.05, 0.1) is 0 Å². The van der Waals surface area contributed by atoms with E-state index in [4.69, 9.17) is 5.73 Å². The first-order chi connectivity index (χ1) is 14.1. The number of sulfonamides is 1. The van der Waals surface area contributed by atoms with E-state index in [2.05, 4.69) is 15.9 Å². The first-order valence-electron chi connectivity index (χ1n) is 9.56. The smallest absolute Gasteiger partial charge is 0.265 e. The van der Waals surface area contributed by atoms with Gasteiger partial charge < -0.3 is 15.2 Å². The number of carbonyl (C=O) groups is 2. The number of benzene rings is 1. The van der Waals surface area contributed by atoms with E-state index in [9.17, 15) is 18.0 Å². The highest BCUT2D eigenvalue weighted by atomic mass is 79.9. The lowest BCUT2D eigenvalue weighted by molar-refractivity contribution is -0.135. The Labute approximate surface area is 184 Å². The average Bonchev–Trinajstić information content (AvgIpc) is 3.12. The van der Waals surface area contributed by atoms with Crippen molar-refractivity contribution in [3.05, 3.63) is 52.3 Å². The second-order valence-corrected chi connectivity index (χ2v) is 10.3. The van der Waals surface area contributed by atoms with Crippen molar-refractivity contribution in [2.24, 2.45) is 18.7 Å². The summed E-state index contributed by atoms with van der Waals surface area (Å²) in [6, 6.07) is 9.04. The number of piperidine rings is 1. The molecule has 1 aromatic carbocycles. The Hall–Kier alpha value is -2.17. The molecule has 0 aliphatic carbocycles. The topological polar surface area (TPSA) is 106 Å². The summed E-state index contributed by atoms with van der Waals surface area (Å²) in [5.41, 5.74) is 6.43. The number of primary amides is 1. The molecule has 0 saturated carbocycles. The maximum absolute atomic E-state index is 12.9. The number of nitrogens with two attached hydrogens (primary N) is 1. The zero-order chi connectivity index (χ0) is 22.1. The van der Waals surface area contributed by atoms with Gasteiger partial charge in [-0.05, 0) is 30.5 Å². The van der Waals surface area contributed by atoms with E-state index >= 15 is 0 Å². The molecule has 2 N–H and O–H groups in total. The Kier molecular flexibility index (Phi) is 6.68. The number of halogens is 1. The number of nitrogens with zero attached hydrogens (tertiary/aromatic N) is 3. The first-order valence-corrected chi connectivity index (χ1v) is 11.8. The van der Waals surface area contributed by atoms with Crippen molar-refractivity contribution in [2.45, 2.75) is 24.3 Å². The van der Waals surface area contributed by atoms with Gasteiger partial charge in [0.15, 0.2) is 0 Å². The van der Waals surface area contributed by atoms with Gasteiger partial charge in [-0.25, -0.2) is 8.42 Å². The predicted molar refractivity (Wildman–Crippen MR) is 116 cm³/mol. The van der Waals surface area contributed by atoms with Crippen LogP contribution in [0.2, 0.25) is 0 Å². The normalized spacial score (nSPS) is 15.8. The van der Waals surface area contributed by atoms with Crippen molar-refractivity contribution < 1.29 is 18.0 Å². The Morgan fingerprint density at radius 2 is 1.87 bits per heavy atom. The van der Waals surface area contributed by atoms with Crippen LogP contribution >= 0.6 is 15.9 Å². The molecular formula is C20H25BrN4O4S. The number of rotatable bonds is 6. The molecule has 2 amide bonds. The second kappa shape index (κ2) is 8.91. The van der Waals surface area contributed by atoms with Gasteiger partial charge in [0.1, 0.15) is 10.6 Å². The van der Waals surface area contributed by atoms with E-state index in [0.717, 1.165) is 10.0 Å². The molecule has 8 nitrogen and oxygen atoms in total. The van der Waals surface area contributed by atoms with Crippen molar-refractivity contribution in [3.8, 4) is 0 Å². The summed E-state index contributed by atoms with van der Waals surface area (Å²) in [4.78, 5) is 26.0. The van der Waals surface area contributed by atoms with Gasteiger partial charge in [0.2, 0.25) is 15.9 Å². The Balaban J connectivity index is 1.63. The van der Waals surface area contributed by atoms with Gasteiger partial charge in [-0.2, -0.15) is 4.31 Å². The lowest BCUT2D eigenvalue weighted by Crippen LogP contribution is -2.43. The predicted octanol–water partition coefficient (Wildman–Crippen LogP) is 1.95. The fourth-order valence-corrected chi connectivity index (χ4v) is 5.64. The largest absolute Gasteiger partial charge is 0.364 e. The minimum Gasteiger partial charge on any atom is -0.364 e. The third-order valence-electron chi connectivity index (χ3n) is 5.41. The van der Waals surface area contributed by atoms with E-state index in [-0.39, 0.29) is 35.5 Å². The number of carbonyl (C=O) groups excluding carboxylic acids is 2. The molecule has 30 heavy (non-hydrogen) atoms. The zero-order valence-electron chi connectivity index (χ0n) is 16.9. The van der Waals surface area contributed by atoms with Crippen molar-refractivity contribution in [1.82, 2.24) is 13.8 Å². The molecule has 0 bridgehead atoms. The van der Waals surface area contributed by atoms with Gasteiger partial charge in [0.25, 0.3) is 5.91 Å². The van der Waals surface area contributed by atoms with Crippen LogP contribution in [0.25, 0.3) is 0 Å². The third-order valence-corrected chi connectivity index (χ3v) is 8.05. The van der Waals surface area contributed by atoms with E-state index < -0.39 is 15.9 Å². The second-order valence-electron chi connectivity index (χ2n) is 7.50. The number of hydrogen-bond acceptors (Lipinski definition) is 4. The van der Waals surface area contributed by atoms with Crippen LogP contribution in [-0.2, 0) is 28.4 Å². The molecular weight excluding hydrogens is 472 g/mol. The summed E-state index contributed by atoms with van der Waals surface area (Å²) in [7, 11) is -0.409. The Bertz CT molecular complexity index is 1060. The van der Waals surface area contributed by atoms with E-state index in [1.165, 1.54) is 21.1 Å². The van der Waals surface area contributed by atoms with Crippen molar-refractivity contribution >= 4 is 37.8 Å². The lowest BCUT2D eigenvalue weighted by Gasteiger charge is -2.32. The van der Waals surface area contributed by atoms with E-state index in [0.29, 0.717) is 19.4 Å². The molecule has 1 saturated heterocycles. The van der Waals surface area contributed by atoms with E-state index in [1.807, 2.05) is 24.3 Å². The van der Waals surface area contributed by atoms with Gasteiger partial charge in [0, 0.05) is 50.3 Å². The maximum atomic E-state index is 12.9. The summed E-state index contributed by atoms with van der Waals surface area (Å²) in [6.07, 6.45) is 2.29. The van der Waals surface area contributed by atoms with Crippen LogP contribution < -0.4 is 5.73 Å². The van der Waals surface area contributed by atoms with Gasteiger partial charge in [-0.1, -0.05) is 34.1 Å². The van der Waals surface area contributed by atoms with Gasteiger partial charge >= 0.3 is 0 Å². The SMILES string of the molecule is CN(Cc1ccccc1Br)C(=O)C1CCN(S(=O)(=O)c2cc(C(N)=O)n(C)c2)CC1. The molecule has 1 aliphatic heterocycles. The molecule has 0 radical (unpaired) electrons. The fraction of sp³-hybridized carbons (Fsp3) is 0.400. The molecule has 2 heterocycles. The molecule has 0 atom stereocenters. The van der Waals surface area contributed by atoms with Crippen LogP contribution in [0.1, 0.15) is 28.9 Å². The lowest BCUT2D eigenvalue weighted by atomic mass is 9.96. The van der Waals surface area contributed by atoms with Gasteiger partial charge in [-0.3, -0.25) is 9.59 Å². The highest BCUT2D eigenvalue weighted by Crippen LogP contribution is 2.27. The molecule has 10 heteroatoms. The minimum atomic E-state index is -3.75. The summed E-state index contributed by atoms with van der Waals surface area (Å²) < 4.78 is 29.6. The number of amides is 2. The molecule has 1 fully saturated rings. The molecule has 1 aliphatic rings. The fourth-order valence-electron chi connectivity index (χ4n) is 3.68. The van der Waals surface area contributed by atoms with Crippen molar-refractivity contribution in [2.75, 3.05) is 20.1 Å². The molecule has 3 rings (SSSR count). The standard InChI is InChI=1S/C20H25BrN4O4S/c1-23-13-16(11-18(23)19(22)26)30(28,29)25-9-7-14(8-10-25)20(27)24(2)12-15-5-3-4-6-17(15)21/h3-6,11,13-14H,7-10,12H2,1-2H3,(H2,22,26). The molecule has 1 aromatic heterocycles. The third kappa shape index (κ3) is 4.60. The molecule has 0 unspecified atom stereocenters. The van der Waals surface area contributed by atoms with Crippen LogP contribution in [0.3, 0.4) is 0 Å². The molecule has 0 spiro atoms. The van der Waals surface area contributed by atoms with Crippen LogP contribution in [0.4, 0.5) is 0 Å². The van der Waals surface area contributed by atoms with Crippen LogP contribution in [0, 0.1) is 5.92 Å². The Morgan fingerprint density at radius 1 is 1.23 bits per heavy atom. The summed E-state index contributed by atoms with van der Waals surface area (Å²) in [5.74, 6) is -0.893. The summed E-state index contributed by atoms with van der Waals surface area (Å²) in [5, 5.41) is 0. The zero-order valence-corrected chi connectivity index (χ0v) is 19.3. The Morgan fingerprint density at radius 3 is 2.43 bits per heavy atom. The quantitative estimate of drug-likeness (QED) is 0.659. The van der Waals surface area contributed by atoms with Crippen LogP contribution in [-0.4, -0.2) is 54.1 Å².